The van der Waals surface area contributed by atoms with Gasteiger partial charge in [0.05, 0.1) is 18.5 Å². The van der Waals surface area contributed by atoms with E-state index in [-0.39, 0.29) is 11.9 Å². The van der Waals surface area contributed by atoms with Crippen molar-refractivity contribution in [3.05, 3.63) is 46.8 Å². The summed E-state index contributed by atoms with van der Waals surface area (Å²) in [6, 6.07) is 7.71. The molecule has 1 amide bonds. The second kappa shape index (κ2) is 11.2. The van der Waals surface area contributed by atoms with Gasteiger partial charge in [0.2, 0.25) is 0 Å². The molecule has 1 aromatic carbocycles. The number of rotatable bonds is 7. The average Bonchev–Trinajstić information content (AvgIpc) is 3.16. The maximum atomic E-state index is 13.1. The van der Waals surface area contributed by atoms with E-state index in [4.69, 9.17) is 4.74 Å². The third kappa shape index (κ3) is 5.69. The van der Waals surface area contributed by atoms with Crippen molar-refractivity contribution >= 4 is 11.9 Å². The number of amides is 1. The minimum Gasteiger partial charge on any atom is -0.469 e. The number of ether oxygens (including phenoxy) is 1. The minimum absolute atomic E-state index is 0.107. The molecule has 34 heavy (non-hydrogen) atoms. The van der Waals surface area contributed by atoms with Crippen LogP contribution in [0.2, 0.25) is 0 Å². The summed E-state index contributed by atoms with van der Waals surface area (Å²) in [4.78, 5) is 29.2. The number of carbonyl (C=O) groups is 2. The molecule has 7 heteroatoms. The molecule has 0 unspecified atom stereocenters. The third-order valence-corrected chi connectivity index (χ3v) is 7.51. The summed E-state index contributed by atoms with van der Waals surface area (Å²) >= 11 is 0. The van der Waals surface area contributed by atoms with E-state index in [0.29, 0.717) is 12.8 Å². The van der Waals surface area contributed by atoms with E-state index < -0.39 is 0 Å². The van der Waals surface area contributed by atoms with Crippen LogP contribution in [0.25, 0.3) is 5.69 Å². The first-order valence-corrected chi connectivity index (χ1v) is 12.7. The summed E-state index contributed by atoms with van der Waals surface area (Å²) in [5.74, 6) is 0.735. The Labute approximate surface area is 203 Å². The van der Waals surface area contributed by atoms with Gasteiger partial charge in [-0.3, -0.25) is 14.5 Å². The Balaban J connectivity index is 1.35. The molecule has 2 aromatic rings. The largest absolute Gasteiger partial charge is 0.469 e. The van der Waals surface area contributed by atoms with Gasteiger partial charge >= 0.3 is 5.97 Å². The molecule has 0 spiro atoms. The molecule has 1 aromatic heterocycles. The highest BCUT2D eigenvalue weighted by molar-refractivity contribution is 5.94. The van der Waals surface area contributed by atoms with Crippen molar-refractivity contribution in [1.82, 2.24) is 19.6 Å². The molecule has 2 fully saturated rings. The predicted octanol–water partition coefficient (Wildman–Crippen LogP) is 3.93. The molecule has 1 aliphatic carbocycles. The lowest BCUT2D eigenvalue weighted by atomic mass is 9.89. The molecule has 1 saturated carbocycles. The lowest BCUT2D eigenvalue weighted by Crippen LogP contribution is -2.49. The Kier molecular flexibility index (Phi) is 8.03. The molecule has 2 aliphatic rings. The smallest absolute Gasteiger partial charge is 0.305 e. The number of methoxy groups -OCH3 is 1. The van der Waals surface area contributed by atoms with E-state index in [9.17, 15) is 9.59 Å². The highest BCUT2D eigenvalue weighted by Gasteiger charge is 2.25. The van der Waals surface area contributed by atoms with Crippen molar-refractivity contribution in [1.29, 1.82) is 0 Å². The fraction of sp³-hybridized carbons (Fsp3) is 0.593. The Morgan fingerprint density at radius 2 is 1.68 bits per heavy atom. The normalized spacial score (nSPS) is 17.7. The van der Waals surface area contributed by atoms with Gasteiger partial charge in [-0.2, -0.15) is 5.10 Å². The fourth-order valence-corrected chi connectivity index (χ4v) is 5.41. The highest BCUT2D eigenvalue weighted by atomic mass is 16.5. The Morgan fingerprint density at radius 3 is 2.32 bits per heavy atom. The van der Waals surface area contributed by atoms with E-state index in [1.165, 1.54) is 45.8 Å². The van der Waals surface area contributed by atoms with Crippen molar-refractivity contribution in [3.63, 3.8) is 0 Å². The van der Waals surface area contributed by atoms with Crippen LogP contribution in [0.15, 0.2) is 24.3 Å². The number of aromatic nitrogens is 2. The topological polar surface area (TPSA) is 67.7 Å². The molecule has 184 valence electrons. The van der Waals surface area contributed by atoms with Gasteiger partial charge in [0.25, 0.3) is 5.91 Å². The summed E-state index contributed by atoms with van der Waals surface area (Å²) in [5.41, 5.74) is 4.62. The number of hydrogen-bond donors (Lipinski definition) is 0. The van der Waals surface area contributed by atoms with Crippen LogP contribution in [0.1, 0.15) is 65.8 Å². The number of nitrogens with zero attached hydrogens (tertiary/aromatic N) is 4. The average molecular weight is 467 g/mol. The molecule has 0 N–H and O–H groups in total. The highest BCUT2D eigenvalue weighted by Crippen LogP contribution is 2.25. The maximum absolute atomic E-state index is 13.1. The maximum Gasteiger partial charge on any atom is 0.305 e. The minimum atomic E-state index is -0.218. The summed E-state index contributed by atoms with van der Waals surface area (Å²) in [7, 11) is 1.41. The first kappa shape index (κ1) is 24.5. The Hall–Kier alpha value is -2.67. The number of carbonyl (C=O) groups excluding carboxylic acids is 2. The fourth-order valence-electron chi connectivity index (χ4n) is 5.41. The van der Waals surface area contributed by atoms with Crippen LogP contribution in [0.5, 0.6) is 0 Å². The SMILES string of the molecule is COC(=O)CCc1c(C)nn(-c2ccc(C(=O)N3CCN(CC4CCCCC4)CC3)cc2)c1C. The first-order chi connectivity index (χ1) is 16.5. The van der Waals surface area contributed by atoms with Crippen molar-refractivity contribution in [2.75, 3.05) is 39.8 Å². The Morgan fingerprint density at radius 1 is 1.00 bits per heavy atom. The van der Waals surface area contributed by atoms with Crippen LogP contribution in [-0.4, -0.2) is 71.3 Å². The number of esters is 1. The van der Waals surface area contributed by atoms with Crippen molar-refractivity contribution in [3.8, 4) is 5.69 Å². The van der Waals surface area contributed by atoms with Gasteiger partial charge in [0, 0.05) is 50.4 Å². The van der Waals surface area contributed by atoms with E-state index in [0.717, 1.165) is 60.3 Å². The zero-order chi connectivity index (χ0) is 24.1. The number of hydrogen-bond acceptors (Lipinski definition) is 5. The molecular formula is C27H38N4O3. The first-order valence-electron chi connectivity index (χ1n) is 12.7. The summed E-state index contributed by atoms with van der Waals surface area (Å²) in [5, 5.41) is 4.67. The van der Waals surface area contributed by atoms with Gasteiger partial charge in [-0.15, -0.1) is 0 Å². The second-order valence-corrected chi connectivity index (χ2v) is 9.78. The Bertz CT molecular complexity index is 984. The van der Waals surface area contributed by atoms with Gasteiger partial charge in [0.15, 0.2) is 0 Å². The van der Waals surface area contributed by atoms with Gasteiger partial charge in [-0.05, 0) is 68.9 Å². The molecule has 1 saturated heterocycles. The number of aryl methyl sites for hydroxylation is 1. The molecule has 0 bridgehead atoms. The van der Waals surface area contributed by atoms with Crippen molar-refractivity contribution in [2.45, 2.75) is 58.8 Å². The van der Waals surface area contributed by atoms with Gasteiger partial charge in [-0.25, -0.2) is 4.68 Å². The van der Waals surface area contributed by atoms with E-state index >= 15 is 0 Å². The molecule has 0 atom stereocenters. The number of benzene rings is 1. The van der Waals surface area contributed by atoms with Crippen LogP contribution < -0.4 is 0 Å². The molecule has 4 rings (SSSR count). The van der Waals surface area contributed by atoms with Gasteiger partial charge < -0.3 is 9.64 Å². The molecule has 2 heterocycles. The van der Waals surface area contributed by atoms with Gasteiger partial charge in [-0.1, -0.05) is 19.3 Å². The quantitative estimate of drug-likeness (QED) is 0.579. The standard InChI is InChI=1S/C27H38N4O3/c1-20-25(13-14-26(32)34-3)21(2)31(28-20)24-11-9-23(10-12-24)27(33)30-17-15-29(16-18-30)19-22-7-5-4-6-8-22/h9-12,22H,4-8,13-19H2,1-3H3. The summed E-state index contributed by atoms with van der Waals surface area (Å²) < 4.78 is 6.65. The third-order valence-electron chi connectivity index (χ3n) is 7.51. The van der Waals surface area contributed by atoms with Crippen LogP contribution >= 0.6 is 0 Å². The van der Waals surface area contributed by atoms with Crippen molar-refractivity contribution < 1.29 is 14.3 Å². The summed E-state index contributed by atoms with van der Waals surface area (Å²) in [6.45, 7) is 8.71. The lowest BCUT2D eigenvalue weighted by Gasteiger charge is -2.37. The number of piperazine rings is 1. The van der Waals surface area contributed by atoms with Crippen LogP contribution in [-0.2, 0) is 16.0 Å². The second-order valence-electron chi connectivity index (χ2n) is 9.78. The van der Waals surface area contributed by atoms with Gasteiger partial charge in [0.1, 0.15) is 0 Å². The van der Waals surface area contributed by atoms with Crippen LogP contribution in [0.3, 0.4) is 0 Å². The van der Waals surface area contributed by atoms with E-state index in [1.54, 1.807) is 0 Å². The zero-order valence-corrected chi connectivity index (χ0v) is 20.9. The van der Waals surface area contributed by atoms with Crippen LogP contribution in [0.4, 0.5) is 0 Å². The molecule has 1 aliphatic heterocycles. The molecular weight excluding hydrogens is 428 g/mol. The lowest BCUT2D eigenvalue weighted by molar-refractivity contribution is -0.140. The summed E-state index contributed by atoms with van der Waals surface area (Å²) in [6.07, 6.45) is 7.84. The van der Waals surface area contributed by atoms with E-state index in [2.05, 4.69) is 10.00 Å². The zero-order valence-electron chi connectivity index (χ0n) is 20.9. The monoisotopic (exact) mass is 466 g/mol. The van der Waals surface area contributed by atoms with E-state index in [1.807, 2.05) is 47.7 Å². The molecule has 7 nitrogen and oxygen atoms in total. The predicted molar refractivity (Wildman–Crippen MR) is 132 cm³/mol. The van der Waals surface area contributed by atoms with Crippen molar-refractivity contribution in [2.24, 2.45) is 5.92 Å². The van der Waals surface area contributed by atoms with Crippen LogP contribution in [0, 0.1) is 19.8 Å². The molecule has 0 radical (unpaired) electrons.